The third kappa shape index (κ3) is 3.06. The lowest BCUT2D eigenvalue weighted by Crippen LogP contribution is -1.79. The molecule has 0 aliphatic rings. The SMILES string of the molecule is Oc1cccc(/C=N/c2nnc(-c3ccccc3O)s2)c1. The number of aliphatic imine (C=N–C) groups is 1. The molecule has 0 saturated carbocycles. The van der Waals surface area contributed by atoms with E-state index >= 15 is 0 Å². The van der Waals surface area contributed by atoms with Gasteiger partial charge in [0.25, 0.3) is 0 Å². The van der Waals surface area contributed by atoms with Crippen LogP contribution in [0.15, 0.2) is 53.5 Å². The van der Waals surface area contributed by atoms with Gasteiger partial charge in [-0.05, 0) is 29.8 Å². The van der Waals surface area contributed by atoms with Crippen LogP contribution >= 0.6 is 11.3 Å². The Morgan fingerprint density at radius 3 is 2.67 bits per heavy atom. The Morgan fingerprint density at radius 1 is 1.00 bits per heavy atom. The summed E-state index contributed by atoms with van der Waals surface area (Å²) in [6, 6.07) is 13.7. The van der Waals surface area contributed by atoms with E-state index in [0.717, 1.165) is 5.56 Å². The minimum absolute atomic E-state index is 0.164. The van der Waals surface area contributed by atoms with Gasteiger partial charge in [0.1, 0.15) is 11.5 Å². The van der Waals surface area contributed by atoms with Crippen molar-refractivity contribution in [1.82, 2.24) is 10.2 Å². The number of aromatic hydroxyl groups is 2. The molecule has 1 heterocycles. The fourth-order valence-electron chi connectivity index (χ4n) is 1.77. The second-order valence-electron chi connectivity index (χ2n) is 4.26. The van der Waals surface area contributed by atoms with Gasteiger partial charge >= 0.3 is 0 Å². The molecular weight excluding hydrogens is 286 g/mol. The first-order valence-corrected chi connectivity index (χ1v) is 6.99. The largest absolute Gasteiger partial charge is 0.508 e. The zero-order valence-electron chi connectivity index (χ0n) is 10.8. The molecule has 6 heteroatoms. The van der Waals surface area contributed by atoms with Gasteiger partial charge in [-0.2, -0.15) is 0 Å². The molecule has 0 aliphatic carbocycles. The average molecular weight is 297 g/mol. The highest BCUT2D eigenvalue weighted by Crippen LogP contribution is 2.33. The fraction of sp³-hybridized carbons (Fsp3) is 0. The van der Waals surface area contributed by atoms with Crippen molar-refractivity contribution in [1.29, 1.82) is 0 Å². The molecule has 0 bridgehead atoms. The van der Waals surface area contributed by atoms with Crippen LogP contribution in [0.5, 0.6) is 11.5 Å². The van der Waals surface area contributed by atoms with E-state index in [0.29, 0.717) is 15.7 Å². The smallest absolute Gasteiger partial charge is 0.231 e. The molecule has 3 aromatic rings. The fourth-order valence-corrected chi connectivity index (χ4v) is 2.49. The van der Waals surface area contributed by atoms with Gasteiger partial charge < -0.3 is 10.2 Å². The van der Waals surface area contributed by atoms with Gasteiger partial charge in [0.15, 0.2) is 5.01 Å². The number of hydrogen-bond acceptors (Lipinski definition) is 6. The second kappa shape index (κ2) is 5.72. The van der Waals surface area contributed by atoms with Crippen molar-refractivity contribution < 1.29 is 10.2 Å². The average Bonchev–Trinajstić information content (AvgIpc) is 2.94. The molecule has 0 unspecified atom stereocenters. The highest BCUT2D eigenvalue weighted by atomic mass is 32.1. The summed E-state index contributed by atoms with van der Waals surface area (Å²) < 4.78 is 0. The second-order valence-corrected chi connectivity index (χ2v) is 5.22. The zero-order chi connectivity index (χ0) is 14.7. The number of hydrogen-bond donors (Lipinski definition) is 2. The summed E-state index contributed by atoms with van der Waals surface area (Å²) in [6.07, 6.45) is 1.61. The van der Waals surface area contributed by atoms with Crippen LogP contribution in [0.3, 0.4) is 0 Å². The number of para-hydroxylation sites is 1. The third-order valence-electron chi connectivity index (χ3n) is 2.74. The predicted octanol–water partition coefficient (Wildman–Crippen LogP) is 3.37. The maximum atomic E-state index is 9.78. The third-order valence-corrected chi connectivity index (χ3v) is 3.61. The minimum Gasteiger partial charge on any atom is -0.508 e. The van der Waals surface area contributed by atoms with Crippen molar-refractivity contribution in [2.45, 2.75) is 0 Å². The van der Waals surface area contributed by atoms with Gasteiger partial charge in [0.2, 0.25) is 5.13 Å². The normalized spacial score (nSPS) is 11.0. The topological polar surface area (TPSA) is 78.6 Å². The van der Waals surface area contributed by atoms with Gasteiger partial charge in [-0.25, -0.2) is 4.99 Å². The number of nitrogens with zero attached hydrogens (tertiary/aromatic N) is 3. The van der Waals surface area contributed by atoms with Crippen LogP contribution in [0.25, 0.3) is 10.6 Å². The highest BCUT2D eigenvalue weighted by molar-refractivity contribution is 7.18. The Kier molecular flexibility index (Phi) is 3.61. The summed E-state index contributed by atoms with van der Waals surface area (Å²) in [5.41, 5.74) is 1.41. The molecule has 5 nitrogen and oxygen atoms in total. The van der Waals surface area contributed by atoms with Gasteiger partial charge in [-0.15, -0.1) is 10.2 Å². The molecule has 0 amide bonds. The highest BCUT2D eigenvalue weighted by Gasteiger charge is 2.09. The van der Waals surface area contributed by atoms with Gasteiger partial charge in [0, 0.05) is 6.21 Å². The molecule has 104 valence electrons. The van der Waals surface area contributed by atoms with E-state index in [1.807, 2.05) is 12.1 Å². The van der Waals surface area contributed by atoms with Crippen LogP contribution in [0.4, 0.5) is 5.13 Å². The molecule has 1 aromatic heterocycles. The Labute approximate surface area is 124 Å². The van der Waals surface area contributed by atoms with E-state index in [4.69, 9.17) is 0 Å². The monoisotopic (exact) mass is 297 g/mol. The van der Waals surface area contributed by atoms with Crippen LogP contribution in [0.2, 0.25) is 0 Å². The molecule has 0 spiro atoms. The maximum absolute atomic E-state index is 9.78. The first-order valence-electron chi connectivity index (χ1n) is 6.17. The first-order chi connectivity index (χ1) is 10.2. The minimum atomic E-state index is 0.164. The molecule has 0 aliphatic heterocycles. The molecule has 0 saturated heterocycles. The van der Waals surface area contributed by atoms with E-state index in [1.54, 1.807) is 42.6 Å². The van der Waals surface area contributed by atoms with Crippen LogP contribution in [0.1, 0.15) is 5.56 Å². The van der Waals surface area contributed by atoms with Crippen molar-refractivity contribution in [2.24, 2.45) is 4.99 Å². The van der Waals surface area contributed by atoms with Crippen LogP contribution in [-0.4, -0.2) is 26.6 Å². The van der Waals surface area contributed by atoms with Crippen molar-refractivity contribution in [2.75, 3.05) is 0 Å². The van der Waals surface area contributed by atoms with E-state index in [-0.39, 0.29) is 11.5 Å². The Hall–Kier alpha value is -2.73. The number of rotatable bonds is 3. The standard InChI is InChI=1S/C15H11N3O2S/c19-11-5-3-4-10(8-11)9-16-15-18-17-14(21-15)12-6-1-2-7-13(12)20/h1-9,19-20H/b16-9+. The molecule has 0 atom stereocenters. The number of aromatic nitrogens is 2. The lowest BCUT2D eigenvalue weighted by molar-refractivity contribution is 0.475. The van der Waals surface area contributed by atoms with Gasteiger partial charge in [-0.3, -0.25) is 0 Å². The van der Waals surface area contributed by atoms with Crippen molar-refractivity contribution in [3.63, 3.8) is 0 Å². The summed E-state index contributed by atoms with van der Waals surface area (Å²) in [6.45, 7) is 0. The van der Waals surface area contributed by atoms with E-state index < -0.39 is 0 Å². The lowest BCUT2D eigenvalue weighted by Gasteiger charge is -1.97. The Balaban J connectivity index is 1.84. The number of phenols is 2. The maximum Gasteiger partial charge on any atom is 0.231 e. The van der Waals surface area contributed by atoms with Crippen molar-refractivity contribution in [3.8, 4) is 22.1 Å². The van der Waals surface area contributed by atoms with E-state index in [1.165, 1.54) is 11.3 Å². The van der Waals surface area contributed by atoms with Crippen LogP contribution < -0.4 is 0 Å². The summed E-state index contributed by atoms with van der Waals surface area (Å²) in [5.74, 6) is 0.350. The number of phenolic OH excluding ortho intramolecular Hbond substituents is 2. The lowest BCUT2D eigenvalue weighted by atomic mass is 10.2. The molecule has 21 heavy (non-hydrogen) atoms. The quantitative estimate of drug-likeness (QED) is 0.726. The Morgan fingerprint density at radius 2 is 1.86 bits per heavy atom. The summed E-state index contributed by atoms with van der Waals surface area (Å²) in [5, 5.41) is 28.2. The molecule has 0 fully saturated rings. The Bertz CT molecular complexity index is 799. The molecule has 2 N–H and O–H groups in total. The molecule has 3 rings (SSSR count). The predicted molar refractivity (Wildman–Crippen MR) is 82.4 cm³/mol. The first kappa shape index (κ1) is 13.3. The zero-order valence-corrected chi connectivity index (χ0v) is 11.7. The molecular formula is C15H11N3O2S. The van der Waals surface area contributed by atoms with Gasteiger partial charge in [-0.1, -0.05) is 35.6 Å². The summed E-state index contributed by atoms with van der Waals surface area (Å²) in [7, 11) is 0. The summed E-state index contributed by atoms with van der Waals surface area (Å²) in [4.78, 5) is 4.22. The van der Waals surface area contributed by atoms with Crippen molar-refractivity contribution >= 4 is 22.7 Å². The van der Waals surface area contributed by atoms with E-state index in [9.17, 15) is 10.2 Å². The van der Waals surface area contributed by atoms with Crippen LogP contribution in [-0.2, 0) is 0 Å². The van der Waals surface area contributed by atoms with Crippen LogP contribution in [0, 0.1) is 0 Å². The van der Waals surface area contributed by atoms with Crippen molar-refractivity contribution in [3.05, 3.63) is 54.1 Å². The molecule has 2 aromatic carbocycles. The van der Waals surface area contributed by atoms with E-state index in [2.05, 4.69) is 15.2 Å². The summed E-state index contributed by atoms with van der Waals surface area (Å²) >= 11 is 1.28. The van der Waals surface area contributed by atoms with Gasteiger partial charge in [0.05, 0.1) is 5.56 Å². The molecule has 0 radical (unpaired) electrons. The number of benzene rings is 2.